The Morgan fingerprint density at radius 3 is 2.83 bits per heavy atom. The molecule has 0 atom stereocenters. The van der Waals surface area contributed by atoms with Crippen LogP contribution in [-0.2, 0) is 0 Å². The fourth-order valence-corrected chi connectivity index (χ4v) is 3.94. The van der Waals surface area contributed by atoms with Crippen molar-refractivity contribution in [2.24, 2.45) is 0 Å². The Bertz CT molecular complexity index is 414. The first-order chi connectivity index (χ1) is 8.65. The summed E-state index contributed by atoms with van der Waals surface area (Å²) >= 11 is 3.29. The third-order valence-corrected chi connectivity index (χ3v) is 5.70. The molecule has 0 saturated heterocycles. The van der Waals surface area contributed by atoms with Crippen molar-refractivity contribution in [2.75, 3.05) is 18.1 Å². The maximum absolute atomic E-state index is 10.8. The third-order valence-electron chi connectivity index (χ3n) is 3.48. The minimum Gasteiger partial charge on any atom is -0.476 e. The van der Waals surface area contributed by atoms with E-state index in [0.29, 0.717) is 9.88 Å². The van der Waals surface area contributed by atoms with E-state index in [1.54, 1.807) is 5.38 Å². The summed E-state index contributed by atoms with van der Waals surface area (Å²) in [6, 6.07) is 0. The average Bonchev–Trinajstić information content (AvgIpc) is 2.87. The zero-order valence-corrected chi connectivity index (χ0v) is 12.1. The Balaban J connectivity index is 1.94. The first-order valence-corrected chi connectivity index (χ1v) is 8.23. The Kier molecular flexibility index (Phi) is 4.50. The molecule has 1 heterocycles. The molecule has 0 aliphatic heterocycles. The van der Waals surface area contributed by atoms with Crippen molar-refractivity contribution in [3.8, 4) is 0 Å². The molecule has 2 N–H and O–H groups in total. The second-order valence-corrected chi connectivity index (χ2v) is 6.78. The molecule has 1 aromatic rings. The van der Waals surface area contributed by atoms with Crippen molar-refractivity contribution in [3.05, 3.63) is 11.1 Å². The highest BCUT2D eigenvalue weighted by molar-refractivity contribution is 8.00. The van der Waals surface area contributed by atoms with Gasteiger partial charge >= 0.3 is 5.97 Å². The summed E-state index contributed by atoms with van der Waals surface area (Å²) in [7, 11) is 0. The fourth-order valence-electron chi connectivity index (χ4n) is 2.34. The summed E-state index contributed by atoms with van der Waals surface area (Å²) in [4.78, 5) is 14.8. The van der Waals surface area contributed by atoms with Crippen molar-refractivity contribution in [3.63, 3.8) is 0 Å². The monoisotopic (exact) mass is 286 g/mol. The molecule has 100 valence electrons. The van der Waals surface area contributed by atoms with Crippen LogP contribution in [0.1, 0.15) is 42.6 Å². The van der Waals surface area contributed by atoms with Gasteiger partial charge in [-0.05, 0) is 19.1 Å². The molecular weight excluding hydrogens is 268 g/mol. The summed E-state index contributed by atoms with van der Waals surface area (Å²) in [5, 5.41) is 14.4. The van der Waals surface area contributed by atoms with Crippen LogP contribution in [0.3, 0.4) is 0 Å². The molecule has 0 aromatic carbocycles. The number of nitrogens with zero attached hydrogens (tertiary/aromatic N) is 1. The Morgan fingerprint density at radius 1 is 1.56 bits per heavy atom. The Hall–Kier alpha value is -0.750. The van der Waals surface area contributed by atoms with E-state index in [0.717, 1.165) is 6.54 Å². The molecule has 0 spiro atoms. The van der Waals surface area contributed by atoms with E-state index in [2.05, 4.69) is 16.6 Å². The molecule has 1 aliphatic carbocycles. The summed E-state index contributed by atoms with van der Waals surface area (Å²) in [6.45, 7) is 0.876. The summed E-state index contributed by atoms with van der Waals surface area (Å²) in [5.74, 6) is -0.962. The van der Waals surface area contributed by atoms with Crippen LogP contribution >= 0.6 is 23.1 Å². The van der Waals surface area contributed by atoms with Gasteiger partial charge < -0.3 is 10.4 Å². The van der Waals surface area contributed by atoms with E-state index >= 15 is 0 Å². The number of thiazole rings is 1. The molecule has 18 heavy (non-hydrogen) atoms. The maximum atomic E-state index is 10.8. The number of carboxylic acids is 1. The normalized spacial score (nSPS) is 18.5. The summed E-state index contributed by atoms with van der Waals surface area (Å²) in [6.07, 6.45) is 8.55. The smallest absolute Gasteiger partial charge is 0.355 e. The maximum Gasteiger partial charge on any atom is 0.355 e. The number of nitrogens with one attached hydrogen (secondary N) is 1. The SMILES string of the molecule is CSC1(CNc2nc(C(=O)O)cs2)CCCCC1. The van der Waals surface area contributed by atoms with Crippen molar-refractivity contribution in [1.82, 2.24) is 4.98 Å². The Labute approximate surface area is 115 Å². The van der Waals surface area contributed by atoms with Gasteiger partial charge in [-0.15, -0.1) is 11.3 Å². The van der Waals surface area contributed by atoms with Gasteiger partial charge in [0.2, 0.25) is 0 Å². The lowest BCUT2D eigenvalue weighted by molar-refractivity contribution is 0.0691. The van der Waals surface area contributed by atoms with Gasteiger partial charge in [-0.3, -0.25) is 0 Å². The average molecular weight is 286 g/mol. The molecule has 1 saturated carbocycles. The largest absolute Gasteiger partial charge is 0.476 e. The molecule has 0 bridgehead atoms. The van der Waals surface area contributed by atoms with Crippen LogP contribution in [0.5, 0.6) is 0 Å². The molecule has 0 unspecified atom stereocenters. The molecule has 6 heteroatoms. The number of hydrogen-bond acceptors (Lipinski definition) is 5. The van der Waals surface area contributed by atoms with Crippen LogP contribution in [0.2, 0.25) is 0 Å². The number of aromatic carboxylic acids is 1. The highest BCUT2D eigenvalue weighted by Gasteiger charge is 2.31. The van der Waals surface area contributed by atoms with Crippen LogP contribution in [0.4, 0.5) is 5.13 Å². The van der Waals surface area contributed by atoms with Gasteiger partial charge in [0.1, 0.15) is 0 Å². The van der Waals surface area contributed by atoms with Crippen LogP contribution in [0.15, 0.2) is 5.38 Å². The van der Waals surface area contributed by atoms with Gasteiger partial charge in [-0.2, -0.15) is 11.8 Å². The molecule has 2 rings (SSSR count). The van der Waals surface area contributed by atoms with Gasteiger partial charge in [-0.25, -0.2) is 9.78 Å². The van der Waals surface area contributed by atoms with Crippen molar-refractivity contribution in [1.29, 1.82) is 0 Å². The van der Waals surface area contributed by atoms with Crippen LogP contribution in [-0.4, -0.2) is 33.6 Å². The number of hydrogen-bond donors (Lipinski definition) is 2. The second-order valence-electron chi connectivity index (χ2n) is 4.64. The minimum atomic E-state index is -0.962. The van der Waals surface area contributed by atoms with Gasteiger partial charge in [0.05, 0.1) is 0 Å². The first kappa shape index (κ1) is 13.7. The molecule has 4 nitrogen and oxygen atoms in total. The highest BCUT2D eigenvalue weighted by Crippen LogP contribution is 2.38. The van der Waals surface area contributed by atoms with E-state index in [4.69, 9.17) is 5.11 Å². The third kappa shape index (κ3) is 3.17. The van der Waals surface area contributed by atoms with Crippen molar-refractivity contribution < 1.29 is 9.90 Å². The molecule has 0 radical (unpaired) electrons. The van der Waals surface area contributed by atoms with Crippen LogP contribution in [0.25, 0.3) is 0 Å². The number of aromatic nitrogens is 1. The molecule has 1 aromatic heterocycles. The van der Waals surface area contributed by atoms with Crippen molar-refractivity contribution in [2.45, 2.75) is 36.9 Å². The molecule has 1 aliphatic rings. The second kappa shape index (κ2) is 5.93. The van der Waals surface area contributed by atoms with Gasteiger partial charge in [0, 0.05) is 16.7 Å². The molecule has 1 fully saturated rings. The van der Waals surface area contributed by atoms with Crippen LogP contribution < -0.4 is 5.32 Å². The zero-order chi connectivity index (χ0) is 13.0. The topological polar surface area (TPSA) is 62.2 Å². The Morgan fingerprint density at radius 2 is 2.28 bits per heavy atom. The van der Waals surface area contributed by atoms with E-state index in [1.165, 1.54) is 43.4 Å². The molecule has 0 amide bonds. The first-order valence-electron chi connectivity index (χ1n) is 6.13. The van der Waals surface area contributed by atoms with Gasteiger partial charge in [-0.1, -0.05) is 19.3 Å². The predicted molar refractivity (Wildman–Crippen MR) is 76.9 cm³/mol. The highest BCUT2D eigenvalue weighted by atomic mass is 32.2. The number of anilines is 1. The van der Waals surface area contributed by atoms with E-state index in [1.807, 2.05) is 11.8 Å². The molecular formula is C12H18N2O2S2. The lowest BCUT2D eigenvalue weighted by Gasteiger charge is -2.35. The number of carbonyl (C=O) groups is 1. The van der Waals surface area contributed by atoms with Crippen molar-refractivity contribution >= 4 is 34.2 Å². The summed E-state index contributed by atoms with van der Waals surface area (Å²) in [5.41, 5.74) is 0.129. The van der Waals surface area contributed by atoms with Gasteiger partial charge in [0.15, 0.2) is 10.8 Å². The van der Waals surface area contributed by atoms with E-state index < -0.39 is 5.97 Å². The lowest BCUT2D eigenvalue weighted by Crippen LogP contribution is -2.35. The van der Waals surface area contributed by atoms with Crippen LogP contribution in [0, 0.1) is 0 Å². The number of thioether (sulfide) groups is 1. The lowest BCUT2D eigenvalue weighted by atomic mass is 9.88. The minimum absolute atomic E-state index is 0.129. The van der Waals surface area contributed by atoms with E-state index in [9.17, 15) is 4.79 Å². The zero-order valence-electron chi connectivity index (χ0n) is 10.4. The number of carboxylic acid groups (broad SMARTS) is 1. The standard InChI is InChI=1S/C12H18N2O2S2/c1-17-12(5-3-2-4-6-12)8-13-11-14-9(7-18-11)10(15)16/h7H,2-6,8H2,1H3,(H,13,14)(H,15,16). The van der Waals surface area contributed by atoms with E-state index in [-0.39, 0.29) is 5.69 Å². The quantitative estimate of drug-likeness (QED) is 0.869. The summed E-state index contributed by atoms with van der Waals surface area (Å²) < 4.78 is 0.299. The fraction of sp³-hybridized carbons (Fsp3) is 0.667. The predicted octanol–water partition coefficient (Wildman–Crippen LogP) is 3.32. The number of rotatable bonds is 5. The van der Waals surface area contributed by atoms with Gasteiger partial charge in [0.25, 0.3) is 0 Å².